The molecule has 0 spiro atoms. The Morgan fingerprint density at radius 2 is 1.94 bits per heavy atom. The minimum Gasteiger partial charge on any atom is -0.464 e. The summed E-state index contributed by atoms with van der Waals surface area (Å²) < 4.78 is 11.6. The first-order chi connectivity index (χ1) is 16.0. The predicted molar refractivity (Wildman–Crippen MR) is 124 cm³/mol. The molecule has 0 radical (unpaired) electrons. The highest BCUT2D eigenvalue weighted by atomic mass is 16.5. The van der Waals surface area contributed by atoms with E-state index in [0.29, 0.717) is 37.7 Å². The maximum Gasteiger partial charge on any atom is 0.254 e. The van der Waals surface area contributed by atoms with Crippen molar-refractivity contribution in [3.63, 3.8) is 0 Å². The lowest BCUT2D eigenvalue weighted by atomic mass is 10.1. The molecule has 0 saturated carbocycles. The van der Waals surface area contributed by atoms with Crippen LogP contribution in [-0.2, 0) is 16.1 Å². The lowest BCUT2D eigenvalue weighted by Gasteiger charge is -2.25. The fourth-order valence-electron chi connectivity index (χ4n) is 3.95. The number of pyridine rings is 1. The van der Waals surface area contributed by atoms with Gasteiger partial charge in [-0.15, -0.1) is 0 Å². The van der Waals surface area contributed by atoms with Gasteiger partial charge in [0.15, 0.2) is 0 Å². The summed E-state index contributed by atoms with van der Waals surface area (Å²) in [5, 5.41) is 0. The van der Waals surface area contributed by atoms with E-state index in [4.69, 9.17) is 9.15 Å². The minimum absolute atomic E-state index is 0.0366. The van der Waals surface area contributed by atoms with E-state index < -0.39 is 0 Å². The second-order valence-electron chi connectivity index (χ2n) is 8.69. The van der Waals surface area contributed by atoms with Gasteiger partial charge < -0.3 is 19.0 Å². The van der Waals surface area contributed by atoms with Gasteiger partial charge in [-0.25, -0.2) is 0 Å². The van der Waals surface area contributed by atoms with Gasteiger partial charge in [0.05, 0.1) is 24.7 Å². The number of ether oxygens (including phenoxy) is 1. The van der Waals surface area contributed by atoms with E-state index in [1.807, 2.05) is 42.5 Å². The van der Waals surface area contributed by atoms with Crippen molar-refractivity contribution in [1.29, 1.82) is 0 Å². The van der Waals surface area contributed by atoms with E-state index in [1.54, 1.807) is 34.4 Å². The molecule has 3 heterocycles. The van der Waals surface area contributed by atoms with Gasteiger partial charge in [0.1, 0.15) is 12.3 Å². The van der Waals surface area contributed by atoms with Crippen LogP contribution in [0.2, 0.25) is 0 Å². The quantitative estimate of drug-likeness (QED) is 0.550. The Bertz CT molecular complexity index is 1050. The van der Waals surface area contributed by atoms with Crippen LogP contribution in [0.25, 0.3) is 11.3 Å². The van der Waals surface area contributed by atoms with Crippen molar-refractivity contribution in [3.05, 3.63) is 78.3 Å². The number of hydrogen-bond acceptors (Lipinski definition) is 5. The molecule has 0 bridgehead atoms. The van der Waals surface area contributed by atoms with E-state index in [2.05, 4.69) is 18.8 Å². The van der Waals surface area contributed by atoms with Crippen LogP contribution >= 0.6 is 0 Å². The normalized spacial score (nSPS) is 16.8. The highest BCUT2D eigenvalue weighted by molar-refractivity contribution is 5.97. The Labute approximate surface area is 194 Å². The number of benzene rings is 1. The first-order valence-corrected chi connectivity index (χ1v) is 11.2. The van der Waals surface area contributed by atoms with Crippen LogP contribution in [0.15, 0.2) is 71.5 Å². The van der Waals surface area contributed by atoms with Crippen LogP contribution in [-0.4, -0.2) is 58.9 Å². The van der Waals surface area contributed by atoms with Gasteiger partial charge in [-0.05, 0) is 42.3 Å². The topological polar surface area (TPSA) is 75.9 Å². The first kappa shape index (κ1) is 22.7. The van der Waals surface area contributed by atoms with E-state index in [-0.39, 0.29) is 24.5 Å². The molecule has 4 rings (SSSR count). The fraction of sp³-hybridized carbons (Fsp3) is 0.346. The van der Waals surface area contributed by atoms with Crippen molar-refractivity contribution in [2.75, 3.05) is 26.2 Å². The van der Waals surface area contributed by atoms with E-state index in [1.165, 1.54) is 0 Å². The fourth-order valence-corrected chi connectivity index (χ4v) is 3.95. The molecule has 3 aromatic rings. The van der Waals surface area contributed by atoms with Crippen LogP contribution < -0.4 is 0 Å². The highest BCUT2D eigenvalue weighted by Gasteiger charge is 2.31. The Balaban J connectivity index is 1.50. The van der Waals surface area contributed by atoms with Crippen LogP contribution in [0.3, 0.4) is 0 Å². The number of carbonyl (C=O) groups is 2. The zero-order chi connectivity index (χ0) is 23.2. The average Bonchev–Trinajstić information content (AvgIpc) is 3.31. The van der Waals surface area contributed by atoms with Crippen LogP contribution in [0.5, 0.6) is 0 Å². The molecule has 1 atom stereocenters. The second kappa shape index (κ2) is 10.4. The maximum atomic E-state index is 13.3. The van der Waals surface area contributed by atoms with Gasteiger partial charge >= 0.3 is 0 Å². The third-order valence-electron chi connectivity index (χ3n) is 5.53. The molecule has 2 amide bonds. The highest BCUT2D eigenvalue weighted by Crippen LogP contribution is 2.21. The molecule has 0 N–H and O–H groups in total. The third kappa shape index (κ3) is 5.87. The standard InChI is InChI=1S/C26H29N3O4/c1-19(2)14-28-15-23(33-18-22-6-3-4-12-27-22)16-29(17-25(28)30)26(31)21-10-8-20(9-11-21)24-7-5-13-32-24/h3-13,19,23H,14-18H2,1-2H3/t23-/m1/s1. The molecule has 172 valence electrons. The van der Waals surface area contributed by atoms with E-state index in [9.17, 15) is 9.59 Å². The molecule has 33 heavy (non-hydrogen) atoms. The third-order valence-corrected chi connectivity index (χ3v) is 5.53. The molecule has 1 aliphatic rings. The minimum atomic E-state index is -0.302. The lowest BCUT2D eigenvalue weighted by Crippen LogP contribution is -2.40. The van der Waals surface area contributed by atoms with E-state index in [0.717, 1.165) is 17.0 Å². The van der Waals surface area contributed by atoms with Gasteiger partial charge in [-0.1, -0.05) is 32.0 Å². The molecule has 0 aliphatic carbocycles. The Morgan fingerprint density at radius 1 is 1.12 bits per heavy atom. The molecule has 7 heteroatoms. The average molecular weight is 448 g/mol. The zero-order valence-corrected chi connectivity index (χ0v) is 19.0. The largest absolute Gasteiger partial charge is 0.464 e. The molecule has 7 nitrogen and oxygen atoms in total. The molecule has 1 fully saturated rings. The van der Waals surface area contributed by atoms with Crippen molar-refractivity contribution in [1.82, 2.24) is 14.8 Å². The SMILES string of the molecule is CC(C)CN1C[C@@H](OCc2ccccn2)CN(C(=O)c2ccc(-c3ccco3)cc2)CC1=O. The summed E-state index contributed by atoms with van der Waals surface area (Å²) in [6.07, 6.45) is 3.04. The second-order valence-corrected chi connectivity index (χ2v) is 8.69. The number of amides is 2. The van der Waals surface area contributed by atoms with Gasteiger partial charge in [0.2, 0.25) is 5.91 Å². The zero-order valence-electron chi connectivity index (χ0n) is 19.0. The van der Waals surface area contributed by atoms with Crippen molar-refractivity contribution in [3.8, 4) is 11.3 Å². The Kier molecular flexibility index (Phi) is 7.19. The molecular formula is C26H29N3O4. The van der Waals surface area contributed by atoms with Crippen LogP contribution in [0.4, 0.5) is 0 Å². The summed E-state index contributed by atoms with van der Waals surface area (Å²) in [6, 6.07) is 16.6. The lowest BCUT2D eigenvalue weighted by molar-refractivity contribution is -0.132. The smallest absolute Gasteiger partial charge is 0.254 e. The summed E-state index contributed by atoms with van der Waals surface area (Å²) in [5.41, 5.74) is 2.23. The van der Waals surface area contributed by atoms with Crippen LogP contribution in [0.1, 0.15) is 29.9 Å². The molecule has 1 aromatic carbocycles. The summed E-state index contributed by atoms with van der Waals surface area (Å²) in [5.74, 6) is 0.813. The van der Waals surface area contributed by atoms with Gasteiger partial charge in [0, 0.05) is 37.0 Å². The van der Waals surface area contributed by atoms with Gasteiger partial charge in [-0.3, -0.25) is 14.6 Å². The number of rotatable bonds is 7. The number of hydrogen-bond donors (Lipinski definition) is 0. The number of aromatic nitrogens is 1. The summed E-state index contributed by atoms with van der Waals surface area (Å²) in [7, 11) is 0. The molecule has 1 saturated heterocycles. The number of carbonyl (C=O) groups excluding carboxylic acids is 2. The Morgan fingerprint density at radius 3 is 2.61 bits per heavy atom. The molecule has 1 aliphatic heterocycles. The summed E-state index contributed by atoms with van der Waals surface area (Å²) in [4.78, 5) is 34.0. The van der Waals surface area contributed by atoms with Gasteiger partial charge in [-0.2, -0.15) is 0 Å². The van der Waals surface area contributed by atoms with Crippen molar-refractivity contribution in [2.24, 2.45) is 5.92 Å². The predicted octanol–water partition coefficient (Wildman–Crippen LogP) is 3.87. The van der Waals surface area contributed by atoms with Crippen molar-refractivity contribution in [2.45, 2.75) is 26.6 Å². The first-order valence-electron chi connectivity index (χ1n) is 11.2. The van der Waals surface area contributed by atoms with E-state index >= 15 is 0 Å². The monoisotopic (exact) mass is 447 g/mol. The maximum absolute atomic E-state index is 13.3. The summed E-state index contributed by atoms with van der Waals surface area (Å²) in [6.45, 7) is 5.93. The molecule has 0 unspecified atom stereocenters. The Hall–Kier alpha value is -3.45. The van der Waals surface area contributed by atoms with Crippen LogP contribution in [0, 0.1) is 5.92 Å². The number of nitrogens with zero attached hydrogens (tertiary/aromatic N) is 3. The van der Waals surface area contributed by atoms with Crippen molar-refractivity contribution >= 4 is 11.8 Å². The molecular weight excluding hydrogens is 418 g/mol. The van der Waals surface area contributed by atoms with Gasteiger partial charge in [0.25, 0.3) is 5.91 Å². The molecule has 2 aromatic heterocycles. The number of furan rings is 1. The van der Waals surface area contributed by atoms with Crippen molar-refractivity contribution < 1.29 is 18.7 Å². The summed E-state index contributed by atoms with van der Waals surface area (Å²) >= 11 is 0.